The Balaban J connectivity index is 2.21. The lowest BCUT2D eigenvalue weighted by atomic mass is 10.2. The van der Waals surface area contributed by atoms with E-state index >= 15 is 0 Å². The Labute approximate surface area is 103 Å². The van der Waals surface area contributed by atoms with E-state index in [-0.39, 0.29) is 18.1 Å². The van der Waals surface area contributed by atoms with Crippen LogP contribution in [0.1, 0.15) is 15.9 Å². The minimum Gasteiger partial charge on any atom is -0.478 e. The predicted octanol–water partition coefficient (Wildman–Crippen LogP) is 2.06. The Morgan fingerprint density at radius 1 is 1.22 bits per heavy atom. The van der Waals surface area contributed by atoms with E-state index in [1.54, 1.807) is 24.3 Å². The molecule has 92 valence electrons. The molecule has 1 heterocycles. The van der Waals surface area contributed by atoms with Gasteiger partial charge in [0.2, 0.25) is 5.88 Å². The predicted molar refractivity (Wildman–Crippen MR) is 63.6 cm³/mol. The van der Waals surface area contributed by atoms with Crippen molar-refractivity contribution in [1.82, 2.24) is 4.98 Å². The number of pyridine rings is 1. The van der Waals surface area contributed by atoms with Crippen LogP contribution < -0.4 is 4.74 Å². The minimum absolute atomic E-state index is 0.0952. The summed E-state index contributed by atoms with van der Waals surface area (Å²) in [5.41, 5.74) is 0.736. The maximum Gasteiger partial charge on any atom is 0.337 e. The highest BCUT2D eigenvalue weighted by molar-refractivity contribution is 5.87. The van der Waals surface area contributed by atoms with Crippen molar-refractivity contribution in [3.8, 4) is 11.6 Å². The second-order valence-electron chi connectivity index (χ2n) is 3.56. The molecule has 2 rings (SSSR count). The van der Waals surface area contributed by atoms with Gasteiger partial charge in [0.25, 0.3) is 0 Å². The van der Waals surface area contributed by atoms with E-state index in [9.17, 15) is 4.79 Å². The highest BCUT2D eigenvalue weighted by atomic mass is 16.5. The third-order valence-electron chi connectivity index (χ3n) is 2.34. The fourth-order valence-corrected chi connectivity index (χ4v) is 1.41. The molecule has 5 nitrogen and oxygen atoms in total. The van der Waals surface area contributed by atoms with Gasteiger partial charge >= 0.3 is 5.97 Å². The molecule has 0 aliphatic carbocycles. The van der Waals surface area contributed by atoms with Crippen molar-refractivity contribution in [1.29, 1.82) is 0 Å². The maximum atomic E-state index is 10.7. The Bertz CT molecular complexity index is 551. The number of aliphatic hydroxyl groups excluding tert-OH is 1. The van der Waals surface area contributed by atoms with Crippen molar-refractivity contribution in [2.24, 2.45) is 0 Å². The summed E-state index contributed by atoms with van der Waals surface area (Å²) in [7, 11) is 0. The van der Waals surface area contributed by atoms with Crippen LogP contribution in [0.3, 0.4) is 0 Å². The standard InChI is InChI=1S/C13H11NO4/c15-8-10-3-1-2-4-11(10)18-12-6-5-9(7-14-12)13(16)17/h1-7,15H,8H2,(H,16,17). The van der Waals surface area contributed by atoms with Crippen LogP contribution in [0.25, 0.3) is 0 Å². The molecule has 2 aromatic rings. The van der Waals surface area contributed by atoms with Crippen LogP contribution in [0.5, 0.6) is 11.6 Å². The summed E-state index contributed by atoms with van der Waals surface area (Å²) in [4.78, 5) is 14.5. The first-order valence-corrected chi connectivity index (χ1v) is 5.26. The molecule has 0 atom stereocenters. The van der Waals surface area contributed by atoms with Gasteiger partial charge in [-0.1, -0.05) is 18.2 Å². The summed E-state index contributed by atoms with van der Waals surface area (Å²) in [6.45, 7) is -0.136. The molecule has 0 amide bonds. The van der Waals surface area contributed by atoms with Crippen molar-refractivity contribution in [3.05, 3.63) is 53.7 Å². The highest BCUT2D eigenvalue weighted by Crippen LogP contribution is 2.23. The van der Waals surface area contributed by atoms with Crippen molar-refractivity contribution >= 4 is 5.97 Å². The molecule has 0 radical (unpaired) electrons. The van der Waals surface area contributed by atoms with Crippen molar-refractivity contribution in [2.45, 2.75) is 6.61 Å². The van der Waals surface area contributed by atoms with E-state index in [1.165, 1.54) is 18.3 Å². The van der Waals surface area contributed by atoms with Crippen LogP contribution in [0.2, 0.25) is 0 Å². The molecule has 0 aliphatic heterocycles. The number of nitrogens with zero attached hydrogens (tertiary/aromatic N) is 1. The number of hydrogen-bond donors (Lipinski definition) is 2. The summed E-state index contributed by atoms with van der Waals surface area (Å²) in [5, 5.41) is 17.9. The molecule has 1 aromatic heterocycles. The quantitative estimate of drug-likeness (QED) is 0.861. The third kappa shape index (κ3) is 2.64. The molecule has 0 bridgehead atoms. The summed E-state index contributed by atoms with van der Waals surface area (Å²) < 4.78 is 5.47. The normalized spacial score (nSPS) is 10.1. The molecule has 18 heavy (non-hydrogen) atoms. The number of aliphatic hydroxyl groups is 1. The van der Waals surface area contributed by atoms with Crippen LogP contribution in [-0.4, -0.2) is 21.2 Å². The molecule has 0 aliphatic rings. The molecule has 2 N–H and O–H groups in total. The number of benzene rings is 1. The molecule has 0 spiro atoms. The molecule has 1 aromatic carbocycles. The van der Waals surface area contributed by atoms with Gasteiger partial charge < -0.3 is 14.9 Å². The van der Waals surface area contributed by atoms with Gasteiger partial charge in [0.1, 0.15) is 5.75 Å². The first-order valence-electron chi connectivity index (χ1n) is 5.26. The summed E-state index contributed by atoms with van der Waals surface area (Å²) >= 11 is 0. The topological polar surface area (TPSA) is 79.7 Å². The van der Waals surface area contributed by atoms with Gasteiger partial charge in [-0.05, 0) is 12.1 Å². The summed E-state index contributed by atoms with van der Waals surface area (Å²) in [5.74, 6) is -0.263. The lowest BCUT2D eigenvalue weighted by Gasteiger charge is -2.08. The van der Waals surface area contributed by atoms with E-state index in [1.807, 2.05) is 0 Å². The number of carboxylic acid groups (broad SMARTS) is 1. The van der Waals surface area contributed by atoms with Crippen LogP contribution in [0.15, 0.2) is 42.6 Å². The van der Waals surface area contributed by atoms with Crippen LogP contribution in [0.4, 0.5) is 0 Å². The minimum atomic E-state index is -1.04. The first kappa shape index (κ1) is 12.1. The zero-order chi connectivity index (χ0) is 13.0. The monoisotopic (exact) mass is 245 g/mol. The van der Waals surface area contributed by atoms with Gasteiger partial charge in [-0.3, -0.25) is 0 Å². The van der Waals surface area contributed by atoms with Crippen molar-refractivity contribution < 1.29 is 19.7 Å². The van der Waals surface area contributed by atoms with E-state index in [0.717, 1.165) is 0 Å². The number of aromatic nitrogens is 1. The Kier molecular flexibility index (Phi) is 3.54. The first-order chi connectivity index (χ1) is 8.70. The zero-order valence-electron chi connectivity index (χ0n) is 9.41. The van der Waals surface area contributed by atoms with Crippen molar-refractivity contribution in [3.63, 3.8) is 0 Å². The van der Waals surface area contributed by atoms with Crippen LogP contribution >= 0.6 is 0 Å². The summed E-state index contributed by atoms with van der Waals surface area (Å²) in [6.07, 6.45) is 1.22. The van der Waals surface area contributed by atoms with Gasteiger partial charge in [0.15, 0.2) is 0 Å². The van der Waals surface area contributed by atoms with E-state index in [4.69, 9.17) is 14.9 Å². The van der Waals surface area contributed by atoms with Crippen molar-refractivity contribution in [2.75, 3.05) is 0 Å². The fourth-order valence-electron chi connectivity index (χ4n) is 1.41. The molecular formula is C13H11NO4. The number of carboxylic acids is 1. The number of rotatable bonds is 4. The van der Waals surface area contributed by atoms with E-state index < -0.39 is 5.97 Å². The molecular weight excluding hydrogens is 234 g/mol. The number of ether oxygens (including phenoxy) is 1. The molecule has 0 fully saturated rings. The zero-order valence-corrected chi connectivity index (χ0v) is 9.41. The van der Waals surface area contributed by atoms with Gasteiger partial charge in [-0.15, -0.1) is 0 Å². The highest BCUT2D eigenvalue weighted by Gasteiger charge is 2.06. The fraction of sp³-hybridized carbons (Fsp3) is 0.0769. The van der Waals surface area contributed by atoms with Crippen LogP contribution in [-0.2, 0) is 6.61 Å². The SMILES string of the molecule is O=C(O)c1ccc(Oc2ccccc2CO)nc1. The Morgan fingerprint density at radius 2 is 2.00 bits per heavy atom. The molecule has 0 saturated heterocycles. The third-order valence-corrected chi connectivity index (χ3v) is 2.34. The van der Waals surface area contributed by atoms with E-state index in [2.05, 4.69) is 4.98 Å². The molecule has 5 heteroatoms. The van der Waals surface area contributed by atoms with Gasteiger partial charge in [-0.2, -0.15) is 0 Å². The van der Waals surface area contributed by atoms with Gasteiger partial charge in [-0.25, -0.2) is 9.78 Å². The second-order valence-corrected chi connectivity index (χ2v) is 3.56. The Morgan fingerprint density at radius 3 is 2.61 bits per heavy atom. The largest absolute Gasteiger partial charge is 0.478 e. The second kappa shape index (κ2) is 5.29. The average Bonchev–Trinajstić information content (AvgIpc) is 2.40. The summed E-state index contributed by atoms with van der Waals surface area (Å²) in [6, 6.07) is 9.89. The van der Waals surface area contributed by atoms with Gasteiger partial charge in [0, 0.05) is 17.8 Å². The lowest BCUT2D eigenvalue weighted by molar-refractivity contribution is 0.0696. The Hall–Kier alpha value is -2.40. The maximum absolute atomic E-state index is 10.7. The van der Waals surface area contributed by atoms with Gasteiger partial charge in [0.05, 0.1) is 12.2 Å². The number of para-hydroxylation sites is 1. The number of carbonyl (C=O) groups is 1. The number of hydrogen-bond acceptors (Lipinski definition) is 4. The average molecular weight is 245 g/mol. The van der Waals surface area contributed by atoms with E-state index in [0.29, 0.717) is 11.3 Å². The smallest absolute Gasteiger partial charge is 0.337 e. The molecule has 0 saturated carbocycles. The lowest BCUT2D eigenvalue weighted by Crippen LogP contribution is -1.98. The van der Waals surface area contributed by atoms with Crippen LogP contribution in [0, 0.1) is 0 Å². The number of aromatic carboxylic acids is 1. The molecule has 0 unspecified atom stereocenters.